The van der Waals surface area contributed by atoms with E-state index in [1.54, 1.807) is 12.3 Å². The predicted octanol–water partition coefficient (Wildman–Crippen LogP) is 3.32. The van der Waals surface area contributed by atoms with Crippen molar-refractivity contribution in [2.24, 2.45) is 0 Å². The Labute approximate surface area is 128 Å². The molecule has 112 valence electrons. The fourth-order valence-corrected chi connectivity index (χ4v) is 3.25. The lowest BCUT2D eigenvalue weighted by molar-refractivity contribution is 0.454. The maximum atomic E-state index is 9.65. The van der Waals surface area contributed by atoms with Crippen LogP contribution in [0.3, 0.4) is 0 Å². The standard InChI is InChI=1S/C17H18N4O/c22-15-10-12(4-6-18-15)13-11-20-17-16(13)14(5-7-19-17)21-8-2-1-3-9-21/h4-7,10-11H,1-3,8-9H2,(H,18,22)(H,19,20). The number of nitrogens with zero attached hydrogens (tertiary/aromatic N) is 3. The van der Waals surface area contributed by atoms with Crippen molar-refractivity contribution < 1.29 is 5.11 Å². The van der Waals surface area contributed by atoms with Crippen LogP contribution in [0.5, 0.6) is 5.88 Å². The van der Waals surface area contributed by atoms with Gasteiger partial charge in [-0.05, 0) is 37.0 Å². The van der Waals surface area contributed by atoms with E-state index in [4.69, 9.17) is 0 Å². The lowest BCUT2D eigenvalue weighted by atomic mass is 10.0. The summed E-state index contributed by atoms with van der Waals surface area (Å²) in [6.07, 6.45) is 9.22. The zero-order chi connectivity index (χ0) is 14.9. The molecule has 0 radical (unpaired) electrons. The van der Waals surface area contributed by atoms with Crippen molar-refractivity contribution in [3.05, 3.63) is 36.8 Å². The highest BCUT2D eigenvalue weighted by Gasteiger charge is 2.18. The Balaban J connectivity index is 1.89. The maximum absolute atomic E-state index is 9.65. The van der Waals surface area contributed by atoms with Crippen LogP contribution in [-0.4, -0.2) is 33.1 Å². The molecule has 3 aromatic rings. The van der Waals surface area contributed by atoms with Gasteiger partial charge in [0.15, 0.2) is 0 Å². The van der Waals surface area contributed by atoms with Crippen LogP contribution in [-0.2, 0) is 0 Å². The number of piperidine rings is 1. The first-order valence-corrected chi connectivity index (χ1v) is 7.69. The fourth-order valence-electron chi connectivity index (χ4n) is 3.25. The lowest BCUT2D eigenvalue weighted by Crippen LogP contribution is -2.29. The fraction of sp³-hybridized carbons (Fsp3) is 0.294. The molecule has 1 fully saturated rings. The molecular weight excluding hydrogens is 276 g/mol. The van der Waals surface area contributed by atoms with E-state index in [0.29, 0.717) is 0 Å². The number of pyridine rings is 2. The molecule has 0 amide bonds. The Morgan fingerprint density at radius 1 is 1.05 bits per heavy atom. The second-order valence-electron chi connectivity index (χ2n) is 5.71. The van der Waals surface area contributed by atoms with E-state index in [-0.39, 0.29) is 5.88 Å². The van der Waals surface area contributed by atoms with Gasteiger partial charge in [-0.2, -0.15) is 0 Å². The van der Waals surface area contributed by atoms with Crippen LogP contribution in [0.4, 0.5) is 5.69 Å². The molecule has 22 heavy (non-hydrogen) atoms. The number of nitrogens with one attached hydrogen (secondary N) is 1. The summed E-state index contributed by atoms with van der Waals surface area (Å²) < 4.78 is 0. The summed E-state index contributed by atoms with van der Waals surface area (Å²) in [5.74, 6) is 0.0373. The highest BCUT2D eigenvalue weighted by Crippen LogP contribution is 2.36. The summed E-state index contributed by atoms with van der Waals surface area (Å²) in [7, 11) is 0. The lowest BCUT2D eigenvalue weighted by Gasteiger charge is -2.29. The molecule has 1 aliphatic rings. The van der Waals surface area contributed by atoms with Crippen LogP contribution in [0.2, 0.25) is 0 Å². The molecule has 0 bridgehead atoms. The molecule has 0 atom stereocenters. The van der Waals surface area contributed by atoms with E-state index in [2.05, 4.69) is 25.9 Å². The highest BCUT2D eigenvalue weighted by molar-refractivity contribution is 6.02. The first kappa shape index (κ1) is 13.1. The Hall–Kier alpha value is -2.56. The molecule has 0 spiro atoms. The SMILES string of the molecule is Oc1cc(-c2c[nH]c3nccc(N4CCCCC4)c23)ccn1. The average molecular weight is 294 g/mol. The van der Waals surface area contributed by atoms with Crippen LogP contribution >= 0.6 is 0 Å². The summed E-state index contributed by atoms with van der Waals surface area (Å²) in [5, 5.41) is 10.8. The zero-order valence-corrected chi connectivity index (χ0v) is 12.3. The van der Waals surface area contributed by atoms with E-state index in [0.717, 1.165) is 35.2 Å². The molecular formula is C17H18N4O. The Kier molecular flexibility index (Phi) is 3.18. The van der Waals surface area contributed by atoms with Gasteiger partial charge in [-0.3, -0.25) is 0 Å². The molecule has 1 aliphatic heterocycles. The molecule has 0 saturated carbocycles. The van der Waals surface area contributed by atoms with Gasteiger partial charge in [0.2, 0.25) is 5.88 Å². The highest BCUT2D eigenvalue weighted by atomic mass is 16.3. The average Bonchev–Trinajstić information content (AvgIpc) is 3.00. The predicted molar refractivity (Wildman–Crippen MR) is 87.1 cm³/mol. The zero-order valence-electron chi connectivity index (χ0n) is 12.3. The van der Waals surface area contributed by atoms with Gasteiger partial charge in [0.25, 0.3) is 0 Å². The van der Waals surface area contributed by atoms with Gasteiger partial charge in [0, 0.05) is 54.4 Å². The molecule has 4 heterocycles. The molecule has 2 N–H and O–H groups in total. The monoisotopic (exact) mass is 294 g/mol. The quantitative estimate of drug-likeness (QED) is 0.761. The summed E-state index contributed by atoms with van der Waals surface area (Å²) in [5.41, 5.74) is 4.11. The molecule has 0 aliphatic carbocycles. The van der Waals surface area contributed by atoms with E-state index in [1.807, 2.05) is 18.5 Å². The number of hydrogen-bond donors (Lipinski definition) is 2. The van der Waals surface area contributed by atoms with E-state index >= 15 is 0 Å². The van der Waals surface area contributed by atoms with Gasteiger partial charge in [-0.15, -0.1) is 0 Å². The van der Waals surface area contributed by atoms with Crippen molar-refractivity contribution in [3.8, 4) is 17.0 Å². The van der Waals surface area contributed by atoms with Crippen LogP contribution in [0, 0.1) is 0 Å². The number of hydrogen-bond acceptors (Lipinski definition) is 4. The number of fused-ring (bicyclic) bond motifs is 1. The number of anilines is 1. The normalized spacial score (nSPS) is 15.4. The van der Waals surface area contributed by atoms with Gasteiger partial charge < -0.3 is 15.0 Å². The number of aromatic hydroxyl groups is 1. The number of H-pyrrole nitrogens is 1. The van der Waals surface area contributed by atoms with Gasteiger partial charge in [-0.1, -0.05) is 0 Å². The molecule has 5 heteroatoms. The van der Waals surface area contributed by atoms with E-state index in [9.17, 15) is 5.11 Å². The second kappa shape index (κ2) is 5.33. The summed E-state index contributed by atoms with van der Waals surface area (Å²) in [6, 6.07) is 5.69. The minimum absolute atomic E-state index is 0.0373. The van der Waals surface area contributed by atoms with Crippen molar-refractivity contribution in [2.75, 3.05) is 18.0 Å². The van der Waals surface area contributed by atoms with Crippen molar-refractivity contribution >= 4 is 16.7 Å². The molecule has 0 unspecified atom stereocenters. The Bertz CT molecular complexity index is 805. The van der Waals surface area contributed by atoms with E-state index in [1.165, 1.54) is 24.9 Å². The van der Waals surface area contributed by atoms with Crippen molar-refractivity contribution in [2.45, 2.75) is 19.3 Å². The maximum Gasteiger partial charge on any atom is 0.211 e. The first-order valence-electron chi connectivity index (χ1n) is 7.69. The van der Waals surface area contributed by atoms with Crippen molar-refractivity contribution in [1.29, 1.82) is 0 Å². The minimum Gasteiger partial charge on any atom is -0.493 e. The molecule has 1 saturated heterocycles. The first-order chi connectivity index (χ1) is 10.8. The third kappa shape index (κ3) is 2.19. The number of rotatable bonds is 2. The molecule has 0 aromatic carbocycles. The van der Waals surface area contributed by atoms with Crippen molar-refractivity contribution in [1.82, 2.24) is 15.0 Å². The van der Waals surface area contributed by atoms with Gasteiger partial charge in [-0.25, -0.2) is 9.97 Å². The third-order valence-electron chi connectivity index (χ3n) is 4.30. The molecule has 4 rings (SSSR count). The second-order valence-corrected chi connectivity index (χ2v) is 5.71. The summed E-state index contributed by atoms with van der Waals surface area (Å²) in [4.78, 5) is 14.0. The topological polar surface area (TPSA) is 65.0 Å². The molecule has 3 aromatic heterocycles. The van der Waals surface area contributed by atoms with Crippen LogP contribution in [0.1, 0.15) is 19.3 Å². The van der Waals surface area contributed by atoms with Crippen LogP contribution in [0.25, 0.3) is 22.2 Å². The van der Waals surface area contributed by atoms with E-state index < -0.39 is 0 Å². The van der Waals surface area contributed by atoms with Gasteiger partial charge in [0.1, 0.15) is 5.65 Å². The number of aromatic amines is 1. The van der Waals surface area contributed by atoms with Gasteiger partial charge >= 0.3 is 0 Å². The van der Waals surface area contributed by atoms with Crippen LogP contribution in [0.15, 0.2) is 36.8 Å². The Morgan fingerprint density at radius 3 is 2.68 bits per heavy atom. The smallest absolute Gasteiger partial charge is 0.211 e. The summed E-state index contributed by atoms with van der Waals surface area (Å²) in [6.45, 7) is 2.18. The minimum atomic E-state index is 0.0373. The third-order valence-corrected chi connectivity index (χ3v) is 4.30. The number of aromatic nitrogens is 3. The Morgan fingerprint density at radius 2 is 1.86 bits per heavy atom. The largest absolute Gasteiger partial charge is 0.493 e. The van der Waals surface area contributed by atoms with Crippen molar-refractivity contribution in [3.63, 3.8) is 0 Å². The molecule has 5 nitrogen and oxygen atoms in total. The van der Waals surface area contributed by atoms with Crippen LogP contribution < -0.4 is 4.90 Å². The summed E-state index contributed by atoms with van der Waals surface area (Å²) >= 11 is 0. The van der Waals surface area contributed by atoms with Gasteiger partial charge in [0.05, 0.1) is 0 Å².